The van der Waals surface area contributed by atoms with Gasteiger partial charge in [-0.15, -0.1) is 0 Å². The van der Waals surface area contributed by atoms with Crippen molar-refractivity contribution in [2.45, 2.75) is 12.1 Å². The first kappa shape index (κ1) is 25.1. The third-order valence-corrected chi connectivity index (χ3v) is 7.12. The minimum Gasteiger partial charge on any atom is -0.507 e. The van der Waals surface area contributed by atoms with Crippen LogP contribution in [-0.4, -0.2) is 22.6 Å². The predicted molar refractivity (Wildman–Crippen MR) is 165 cm³/mol. The Kier molecular flexibility index (Phi) is 7.06. The van der Waals surface area contributed by atoms with Crippen LogP contribution in [0.2, 0.25) is 0 Å². The van der Waals surface area contributed by atoms with Gasteiger partial charge in [0.05, 0.1) is 0 Å². The van der Waals surface area contributed by atoms with E-state index in [1.165, 1.54) is 0 Å². The van der Waals surface area contributed by atoms with E-state index < -0.39 is 0 Å². The fourth-order valence-corrected chi connectivity index (χ4v) is 5.02. The molecule has 0 aliphatic rings. The number of aromatic hydroxyl groups is 2. The highest BCUT2D eigenvalue weighted by Gasteiger charge is 2.23. The van der Waals surface area contributed by atoms with Gasteiger partial charge in [-0.3, -0.25) is 9.98 Å². The van der Waals surface area contributed by atoms with Gasteiger partial charge in [0, 0.05) is 23.6 Å². The smallest absolute Gasteiger partial charge is 0.124 e. The number of phenols is 2. The Morgan fingerprint density at radius 2 is 0.750 bits per heavy atom. The molecule has 2 atom stereocenters. The van der Waals surface area contributed by atoms with Crippen LogP contribution in [0.25, 0.3) is 21.5 Å². The number of hydrogen-bond donors (Lipinski definition) is 2. The van der Waals surface area contributed by atoms with Gasteiger partial charge in [0.1, 0.15) is 23.6 Å². The molecule has 0 fully saturated rings. The number of benzene rings is 6. The van der Waals surface area contributed by atoms with Gasteiger partial charge in [-0.1, -0.05) is 109 Å². The third kappa shape index (κ3) is 5.33. The van der Waals surface area contributed by atoms with E-state index in [4.69, 9.17) is 9.98 Å². The molecule has 0 amide bonds. The molecule has 0 aliphatic carbocycles. The van der Waals surface area contributed by atoms with E-state index in [1.54, 1.807) is 24.6 Å². The molecule has 0 aromatic heterocycles. The van der Waals surface area contributed by atoms with E-state index in [-0.39, 0.29) is 23.6 Å². The molecule has 0 bridgehead atoms. The average Bonchev–Trinajstić information content (AvgIpc) is 3.00. The highest BCUT2D eigenvalue weighted by atomic mass is 16.3. The van der Waals surface area contributed by atoms with Crippen molar-refractivity contribution < 1.29 is 10.2 Å². The van der Waals surface area contributed by atoms with Crippen LogP contribution in [0.1, 0.15) is 34.3 Å². The fourth-order valence-electron chi connectivity index (χ4n) is 5.02. The molecule has 0 spiro atoms. The highest BCUT2D eigenvalue weighted by molar-refractivity contribution is 5.95. The van der Waals surface area contributed by atoms with E-state index in [1.807, 2.05) is 121 Å². The van der Waals surface area contributed by atoms with Crippen LogP contribution in [0.5, 0.6) is 11.5 Å². The molecule has 2 N–H and O–H groups in total. The molecular formula is C36H28N2O2. The first-order valence-electron chi connectivity index (χ1n) is 13.3. The number of rotatable bonds is 7. The Labute approximate surface area is 233 Å². The molecule has 6 aromatic carbocycles. The van der Waals surface area contributed by atoms with E-state index in [0.717, 1.165) is 32.7 Å². The summed E-state index contributed by atoms with van der Waals surface area (Å²) in [5, 5.41) is 25.5. The van der Waals surface area contributed by atoms with Crippen LogP contribution in [0.4, 0.5) is 0 Å². The van der Waals surface area contributed by atoms with Crippen molar-refractivity contribution in [1.29, 1.82) is 0 Å². The van der Waals surface area contributed by atoms with Gasteiger partial charge in [0.15, 0.2) is 0 Å². The second-order valence-electron chi connectivity index (χ2n) is 9.78. The summed E-state index contributed by atoms with van der Waals surface area (Å²) in [5.74, 6) is 0.352. The molecule has 6 rings (SSSR count). The van der Waals surface area contributed by atoms with Gasteiger partial charge in [0.2, 0.25) is 0 Å². The largest absolute Gasteiger partial charge is 0.507 e. The van der Waals surface area contributed by atoms with Gasteiger partial charge >= 0.3 is 0 Å². The number of phenolic OH excluding ortho intramolecular Hbond substituents is 2. The summed E-state index contributed by atoms with van der Waals surface area (Å²) in [6.07, 6.45) is 3.47. The van der Waals surface area contributed by atoms with Gasteiger partial charge in [-0.05, 0) is 56.9 Å². The SMILES string of the molecule is Oc1cc2ccccc2cc1C=NC(c1ccccc1)C(N=Cc1cc2ccccc2cc1O)c1ccccc1. The second kappa shape index (κ2) is 11.3. The molecule has 0 heterocycles. The zero-order chi connectivity index (χ0) is 27.3. The minimum atomic E-state index is -0.381. The topological polar surface area (TPSA) is 65.2 Å². The maximum Gasteiger partial charge on any atom is 0.124 e. The summed E-state index contributed by atoms with van der Waals surface area (Å²) in [4.78, 5) is 10.1. The lowest BCUT2D eigenvalue weighted by atomic mass is 9.94. The van der Waals surface area contributed by atoms with E-state index in [9.17, 15) is 10.2 Å². The van der Waals surface area contributed by atoms with Crippen LogP contribution >= 0.6 is 0 Å². The Balaban J connectivity index is 1.45. The molecule has 4 heteroatoms. The molecule has 194 valence electrons. The number of nitrogens with zero attached hydrogens (tertiary/aromatic N) is 2. The summed E-state index contributed by atoms with van der Waals surface area (Å²) >= 11 is 0. The Hall–Kier alpha value is -5.22. The van der Waals surface area contributed by atoms with Gasteiger partial charge < -0.3 is 10.2 Å². The van der Waals surface area contributed by atoms with E-state index in [0.29, 0.717) is 11.1 Å². The lowest BCUT2D eigenvalue weighted by Crippen LogP contribution is -2.09. The summed E-state index contributed by atoms with van der Waals surface area (Å²) in [7, 11) is 0. The minimum absolute atomic E-state index is 0.176. The lowest BCUT2D eigenvalue weighted by molar-refractivity contribution is 0.474. The summed E-state index contributed by atoms with van der Waals surface area (Å²) in [6.45, 7) is 0. The standard InChI is InChI=1S/C36H28N2O2/c39-33-21-29-17-9-7-15-27(29)19-31(33)23-37-35(25-11-3-1-4-12-25)36(26-13-5-2-6-14-26)38-24-32-20-28-16-8-10-18-30(28)22-34(32)40/h1-24,35-36,39-40H. The summed E-state index contributed by atoms with van der Waals surface area (Å²) in [6, 6.07) is 42.6. The van der Waals surface area contributed by atoms with E-state index >= 15 is 0 Å². The molecule has 4 nitrogen and oxygen atoms in total. The maximum absolute atomic E-state index is 10.8. The number of hydrogen-bond acceptors (Lipinski definition) is 4. The zero-order valence-electron chi connectivity index (χ0n) is 21.8. The van der Waals surface area contributed by atoms with Gasteiger partial charge in [-0.25, -0.2) is 0 Å². The van der Waals surface area contributed by atoms with Crippen molar-refractivity contribution >= 4 is 34.0 Å². The third-order valence-electron chi connectivity index (χ3n) is 7.12. The highest BCUT2D eigenvalue weighted by Crippen LogP contribution is 2.36. The van der Waals surface area contributed by atoms with Crippen molar-refractivity contribution in [3.63, 3.8) is 0 Å². The number of aliphatic imine (C=N–C) groups is 2. The van der Waals surface area contributed by atoms with Crippen molar-refractivity contribution in [2.75, 3.05) is 0 Å². The Morgan fingerprint density at radius 1 is 0.425 bits per heavy atom. The van der Waals surface area contributed by atoms with Gasteiger partial charge in [-0.2, -0.15) is 0 Å². The van der Waals surface area contributed by atoms with Gasteiger partial charge in [0.25, 0.3) is 0 Å². The number of fused-ring (bicyclic) bond motifs is 2. The van der Waals surface area contributed by atoms with Crippen molar-refractivity contribution in [2.24, 2.45) is 9.98 Å². The molecule has 0 saturated carbocycles. The van der Waals surface area contributed by atoms with Crippen molar-refractivity contribution in [3.8, 4) is 11.5 Å². The first-order chi connectivity index (χ1) is 19.7. The molecule has 6 aromatic rings. The van der Waals surface area contributed by atoms with E-state index in [2.05, 4.69) is 0 Å². The van der Waals surface area contributed by atoms with Crippen molar-refractivity contribution in [1.82, 2.24) is 0 Å². The summed E-state index contributed by atoms with van der Waals surface area (Å²) in [5.41, 5.74) is 3.27. The maximum atomic E-state index is 10.8. The zero-order valence-corrected chi connectivity index (χ0v) is 21.8. The van der Waals surface area contributed by atoms with Crippen LogP contribution in [0.15, 0.2) is 143 Å². The fraction of sp³-hybridized carbons (Fsp3) is 0.0556. The molecule has 0 radical (unpaired) electrons. The Bertz CT molecular complexity index is 1690. The van der Waals surface area contributed by atoms with Crippen LogP contribution in [0, 0.1) is 0 Å². The average molecular weight is 521 g/mol. The van der Waals surface area contributed by atoms with Crippen LogP contribution in [-0.2, 0) is 0 Å². The first-order valence-corrected chi connectivity index (χ1v) is 13.3. The lowest BCUT2D eigenvalue weighted by Gasteiger charge is -2.22. The summed E-state index contributed by atoms with van der Waals surface area (Å²) < 4.78 is 0. The quantitative estimate of drug-likeness (QED) is 0.208. The van der Waals surface area contributed by atoms with Crippen molar-refractivity contribution in [3.05, 3.63) is 156 Å². The monoisotopic (exact) mass is 520 g/mol. The molecule has 0 saturated heterocycles. The molecular weight excluding hydrogens is 492 g/mol. The van der Waals surface area contributed by atoms with Crippen LogP contribution in [0.3, 0.4) is 0 Å². The predicted octanol–water partition coefficient (Wildman–Crippen LogP) is 8.42. The molecule has 40 heavy (non-hydrogen) atoms. The normalized spacial score (nSPS) is 13.3. The molecule has 2 unspecified atom stereocenters. The second-order valence-corrected chi connectivity index (χ2v) is 9.78. The van der Waals surface area contributed by atoms with Crippen LogP contribution < -0.4 is 0 Å². The molecule has 0 aliphatic heterocycles. The Morgan fingerprint density at radius 3 is 1.12 bits per heavy atom.